The first-order valence-corrected chi connectivity index (χ1v) is 4.73. The van der Waals surface area contributed by atoms with Crippen molar-refractivity contribution >= 4 is 11.6 Å². The van der Waals surface area contributed by atoms with E-state index in [1.165, 1.54) is 0 Å². The van der Waals surface area contributed by atoms with Gasteiger partial charge in [-0.2, -0.15) is 0 Å². The van der Waals surface area contributed by atoms with Gasteiger partial charge in [0.1, 0.15) is 0 Å². The van der Waals surface area contributed by atoms with Crippen LogP contribution in [0.25, 0.3) is 0 Å². The predicted octanol–water partition coefficient (Wildman–Crippen LogP) is 2.48. The second-order valence-corrected chi connectivity index (χ2v) is 3.38. The number of rotatable bonds is 1. The van der Waals surface area contributed by atoms with E-state index >= 15 is 0 Å². The standard InChI is InChI=1S/C12H9FO2/c1-2-7-4-3-5-8-10(14)6-9(13)12(15)11(7)8/h3-6H,2H2,1H3. The molecule has 0 aromatic heterocycles. The van der Waals surface area contributed by atoms with Gasteiger partial charge in [0.05, 0.1) is 0 Å². The van der Waals surface area contributed by atoms with Crippen molar-refractivity contribution in [3.05, 3.63) is 46.8 Å². The fraction of sp³-hybridized carbons (Fsp3) is 0.167. The number of aryl methyl sites for hydroxylation is 1. The van der Waals surface area contributed by atoms with E-state index in [-0.39, 0.29) is 5.56 Å². The highest BCUT2D eigenvalue weighted by Crippen LogP contribution is 2.25. The van der Waals surface area contributed by atoms with Crippen molar-refractivity contribution in [1.82, 2.24) is 0 Å². The van der Waals surface area contributed by atoms with Gasteiger partial charge in [-0.05, 0) is 12.0 Å². The van der Waals surface area contributed by atoms with E-state index in [1.807, 2.05) is 6.92 Å². The number of benzene rings is 1. The second kappa shape index (κ2) is 3.42. The Labute approximate surface area is 86.4 Å². The van der Waals surface area contributed by atoms with E-state index in [9.17, 15) is 14.0 Å². The first-order chi connectivity index (χ1) is 7.15. The molecule has 15 heavy (non-hydrogen) atoms. The van der Waals surface area contributed by atoms with Gasteiger partial charge in [0.2, 0.25) is 5.78 Å². The Bertz CT molecular complexity index is 486. The maximum atomic E-state index is 13.1. The maximum absolute atomic E-state index is 13.1. The fourth-order valence-electron chi connectivity index (χ4n) is 1.75. The minimum atomic E-state index is -0.964. The molecule has 2 rings (SSSR count). The van der Waals surface area contributed by atoms with Gasteiger partial charge >= 0.3 is 0 Å². The Balaban J connectivity index is 2.72. The molecule has 1 aliphatic rings. The topological polar surface area (TPSA) is 34.1 Å². The molecule has 0 amide bonds. The molecule has 0 unspecified atom stereocenters. The molecule has 0 N–H and O–H groups in total. The van der Waals surface area contributed by atoms with Crippen LogP contribution in [0.1, 0.15) is 33.2 Å². The molecule has 0 heterocycles. The molecule has 0 saturated heterocycles. The fourth-order valence-corrected chi connectivity index (χ4v) is 1.75. The third-order valence-corrected chi connectivity index (χ3v) is 2.50. The molecule has 3 heteroatoms. The van der Waals surface area contributed by atoms with Crippen LogP contribution >= 0.6 is 0 Å². The first kappa shape index (κ1) is 9.77. The highest BCUT2D eigenvalue weighted by atomic mass is 19.1. The summed E-state index contributed by atoms with van der Waals surface area (Å²) in [5.41, 5.74) is 1.25. The molecule has 0 bridgehead atoms. The van der Waals surface area contributed by atoms with E-state index in [2.05, 4.69) is 0 Å². The molecule has 0 atom stereocenters. The van der Waals surface area contributed by atoms with E-state index in [0.29, 0.717) is 17.5 Å². The Morgan fingerprint density at radius 1 is 1.27 bits per heavy atom. The van der Waals surface area contributed by atoms with E-state index in [4.69, 9.17) is 0 Å². The number of carbonyl (C=O) groups excluding carboxylic acids is 2. The molecular formula is C12H9FO2. The monoisotopic (exact) mass is 204 g/mol. The van der Waals surface area contributed by atoms with Gasteiger partial charge in [-0.1, -0.05) is 25.1 Å². The smallest absolute Gasteiger partial charge is 0.222 e. The lowest BCUT2D eigenvalue weighted by molar-refractivity contribution is 0.0962. The van der Waals surface area contributed by atoms with Gasteiger partial charge in [0.25, 0.3) is 0 Å². The Hall–Kier alpha value is -1.77. The summed E-state index contributed by atoms with van der Waals surface area (Å²) in [6, 6.07) is 5.00. The van der Waals surface area contributed by atoms with Crippen molar-refractivity contribution in [3.63, 3.8) is 0 Å². The first-order valence-electron chi connectivity index (χ1n) is 4.73. The molecule has 2 nitrogen and oxygen atoms in total. The van der Waals surface area contributed by atoms with Gasteiger partial charge in [0.15, 0.2) is 11.6 Å². The largest absolute Gasteiger partial charge is 0.289 e. The van der Waals surface area contributed by atoms with Gasteiger partial charge in [-0.3, -0.25) is 9.59 Å². The molecule has 1 aromatic carbocycles. The number of fused-ring (bicyclic) bond motifs is 1. The van der Waals surface area contributed by atoms with Crippen molar-refractivity contribution in [2.75, 3.05) is 0 Å². The zero-order valence-corrected chi connectivity index (χ0v) is 8.21. The summed E-state index contributed by atoms with van der Waals surface area (Å²) in [4.78, 5) is 23.0. The van der Waals surface area contributed by atoms with Gasteiger partial charge in [0, 0.05) is 17.2 Å². The molecule has 1 aromatic rings. The SMILES string of the molecule is CCc1cccc2c1C(=O)C(F)=CC2=O. The van der Waals surface area contributed by atoms with Crippen molar-refractivity contribution in [2.45, 2.75) is 13.3 Å². The summed E-state index contributed by atoms with van der Waals surface area (Å²) >= 11 is 0. The third kappa shape index (κ3) is 1.40. The number of Topliss-reactive ketones (excluding diaryl/α,β-unsaturated/α-hetero) is 1. The zero-order valence-electron chi connectivity index (χ0n) is 8.21. The Morgan fingerprint density at radius 2 is 2.00 bits per heavy atom. The molecule has 0 aliphatic heterocycles. The van der Waals surface area contributed by atoms with Gasteiger partial charge < -0.3 is 0 Å². The third-order valence-electron chi connectivity index (χ3n) is 2.50. The highest BCUT2D eigenvalue weighted by molar-refractivity contribution is 6.24. The summed E-state index contributed by atoms with van der Waals surface area (Å²) in [5, 5.41) is 0. The molecule has 0 spiro atoms. The van der Waals surface area contributed by atoms with E-state index in [1.54, 1.807) is 18.2 Å². The molecule has 0 saturated carbocycles. The normalized spacial score (nSPS) is 14.9. The Kier molecular flexibility index (Phi) is 2.23. The maximum Gasteiger partial charge on any atom is 0.222 e. The molecule has 76 valence electrons. The van der Waals surface area contributed by atoms with Crippen LogP contribution in [0.2, 0.25) is 0 Å². The summed E-state index contributed by atoms with van der Waals surface area (Å²) in [7, 11) is 0. The average molecular weight is 204 g/mol. The number of ketones is 2. The number of allylic oxidation sites excluding steroid dienone is 2. The zero-order chi connectivity index (χ0) is 11.0. The molecular weight excluding hydrogens is 195 g/mol. The van der Waals surface area contributed by atoms with Crippen LogP contribution in [-0.2, 0) is 6.42 Å². The van der Waals surface area contributed by atoms with Crippen LogP contribution < -0.4 is 0 Å². The van der Waals surface area contributed by atoms with Crippen molar-refractivity contribution in [1.29, 1.82) is 0 Å². The minimum absolute atomic E-state index is 0.227. The van der Waals surface area contributed by atoms with Crippen LogP contribution in [0.15, 0.2) is 30.1 Å². The van der Waals surface area contributed by atoms with Crippen LogP contribution in [0.3, 0.4) is 0 Å². The van der Waals surface area contributed by atoms with Gasteiger partial charge in [-0.15, -0.1) is 0 Å². The lowest BCUT2D eigenvalue weighted by Gasteiger charge is -2.13. The average Bonchev–Trinajstić information content (AvgIpc) is 2.25. The summed E-state index contributed by atoms with van der Waals surface area (Å²) in [6.45, 7) is 1.86. The summed E-state index contributed by atoms with van der Waals surface area (Å²) in [5.74, 6) is -2.08. The number of carbonyl (C=O) groups is 2. The highest BCUT2D eigenvalue weighted by Gasteiger charge is 2.27. The lowest BCUT2D eigenvalue weighted by atomic mass is 9.89. The molecule has 0 radical (unpaired) electrons. The van der Waals surface area contributed by atoms with Crippen molar-refractivity contribution < 1.29 is 14.0 Å². The number of halogens is 1. The van der Waals surface area contributed by atoms with Crippen LogP contribution in [0.5, 0.6) is 0 Å². The molecule has 1 aliphatic carbocycles. The van der Waals surface area contributed by atoms with E-state index < -0.39 is 17.4 Å². The lowest BCUT2D eigenvalue weighted by Crippen LogP contribution is -2.17. The molecule has 0 fully saturated rings. The van der Waals surface area contributed by atoms with Crippen molar-refractivity contribution in [2.24, 2.45) is 0 Å². The quantitative estimate of drug-likeness (QED) is 0.704. The summed E-state index contributed by atoms with van der Waals surface area (Å²) in [6.07, 6.45) is 1.36. The minimum Gasteiger partial charge on any atom is -0.289 e. The van der Waals surface area contributed by atoms with Crippen molar-refractivity contribution in [3.8, 4) is 0 Å². The Morgan fingerprint density at radius 3 is 2.67 bits per heavy atom. The number of hydrogen-bond donors (Lipinski definition) is 0. The van der Waals surface area contributed by atoms with E-state index in [0.717, 1.165) is 6.08 Å². The van der Waals surface area contributed by atoms with Crippen LogP contribution in [-0.4, -0.2) is 11.6 Å². The van der Waals surface area contributed by atoms with Crippen LogP contribution in [0, 0.1) is 0 Å². The number of hydrogen-bond acceptors (Lipinski definition) is 2. The predicted molar refractivity (Wildman–Crippen MR) is 53.7 cm³/mol. The second-order valence-electron chi connectivity index (χ2n) is 3.38. The summed E-state index contributed by atoms with van der Waals surface area (Å²) < 4.78 is 13.1. The van der Waals surface area contributed by atoms with Gasteiger partial charge in [-0.25, -0.2) is 4.39 Å². The van der Waals surface area contributed by atoms with Crippen LogP contribution in [0.4, 0.5) is 4.39 Å².